The molecule has 19 heavy (non-hydrogen) atoms. The summed E-state index contributed by atoms with van der Waals surface area (Å²) in [7, 11) is 0. The summed E-state index contributed by atoms with van der Waals surface area (Å²) >= 11 is 0. The van der Waals surface area contributed by atoms with Crippen molar-refractivity contribution in [3.8, 4) is 11.3 Å². The van der Waals surface area contributed by atoms with E-state index in [1.807, 2.05) is 6.07 Å². The summed E-state index contributed by atoms with van der Waals surface area (Å²) in [4.78, 5) is 4.73. The Hall–Kier alpha value is -2.22. The molecule has 0 saturated carbocycles. The number of pyridine rings is 1. The van der Waals surface area contributed by atoms with E-state index in [1.54, 1.807) is 12.1 Å². The molecule has 1 aliphatic rings. The number of aryl methyl sites for hydroxylation is 2. The molecule has 0 radical (unpaired) electrons. The number of halogens is 1. The monoisotopic (exact) mass is 249 g/mol. The van der Waals surface area contributed by atoms with Gasteiger partial charge in [-0.05, 0) is 48.2 Å². The van der Waals surface area contributed by atoms with Crippen LogP contribution in [0.3, 0.4) is 0 Å². The van der Waals surface area contributed by atoms with Gasteiger partial charge in [0.15, 0.2) is 0 Å². The predicted molar refractivity (Wildman–Crippen MR) is 74.5 cm³/mol. The lowest BCUT2D eigenvalue weighted by Crippen LogP contribution is -2.05. The molecule has 1 heterocycles. The van der Waals surface area contributed by atoms with Crippen LogP contribution in [0.4, 0.5) is 4.39 Å². The average molecular weight is 249 g/mol. The number of hydrogen-bond acceptors (Lipinski definition) is 1. The first-order chi connectivity index (χ1) is 9.31. The van der Waals surface area contributed by atoms with E-state index in [9.17, 15) is 4.39 Å². The second-order valence-electron chi connectivity index (χ2n) is 4.99. The van der Waals surface area contributed by atoms with Gasteiger partial charge < -0.3 is 0 Å². The smallest absolute Gasteiger partial charge is 0.123 e. The topological polar surface area (TPSA) is 12.9 Å². The van der Waals surface area contributed by atoms with Crippen molar-refractivity contribution in [1.29, 1.82) is 0 Å². The summed E-state index contributed by atoms with van der Waals surface area (Å²) in [6, 6.07) is 15.3. The van der Waals surface area contributed by atoms with Crippen LogP contribution in [0.1, 0.15) is 11.1 Å². The summed E-state index contributed by atoms with van der Waals surface area (Å²) in [6.45, 7) is 0. The summed E-state index contributed by atoms with van der Waals surface area (Å²) in [5.74, 6) is -0.203. The van der Waals surface area contributed by atoms with Crippen LogP contribution in [0.15, 0.2) is 48.5 Å². The van der Waals surface area contributed by atoms with Gasteiger partial charge in [-0.15, -0.1) is 0 Å². The third-order valence-electron chi connectivity index (χ3n) is 3.79. The third-order valence-corrected chi connectivity index (χ3v) is 3.79. The molecule has 0 fully saturated rings. The Morgan fingerprint density at radius 1 is 0.895 bits per heavy atom. The Balaban J connectivity index is 2.03. The van der Waals surface area contributed by atoms with Crippen LogP contribution in [0, 0.1) is 5.82 Å². The van der Waals surface area contributed by atoms with Crippen LogP contribution in [0.25, 0.3) is 22.2 Å². The van der Waals surface area contributed by atoms with Gasteiger partial charge >= 0.3 is 0 Å². The zero-order valence-electron chi connectivity index (χ0n) is 10.4. The van der Waals surface area contributed by atoms with Crippen molar-refractivity contribution < 1.29 is 4.39 Å². The summed E-state index contributed by atoms with van der Waals surface area (Å²) in [5.41, 5.74) is 5.70. The maximum Gasteiger partial charge on any atom is 0.123 e. The lowest BCUT2D eigenvalue weighted by atomic mass is 9.88. The predicted octanol–water partition coefficient (Wildman–Crippen LogP) is 4.14. The molecule has 1 nitrogen and oxygen atoms in total. The van der Waals surface area contributed by atoms with E-state index < -0.39 is 0 Å². The second-order valence-corrected chi connectivity index (χ2v) is 4.99. The molecule has 4 rings (SSSR count). The second kappa shape index (κ2) is 3.89. The summed E-state index contributed by atoms with van der Waals surface area (Å²) < 4.78 is 13.3. The van der Waals surface area contributed by atoms with E-state index in [0.29, 0.717) is 0 Å². The fraction of sp³-hybridized carbons (Fsp3) is 0.118. The van der Waals surface area contributed by atoms with Gasteiger partial charge in [0.2, 0.25) is 0 Å². The molecule has 0 saturated heterocycles. The van der Waals surface area contributed by atoms with E-state index in [2.05, 4.69) is 24.3 Å². The zero-order chi connectivity index (χ0) is 12.8. The fourth-order valence-electron chi connectivity index (χ4n) is 2.85. The Morgan fingerprint density at radius 2 is 1.74 bits per heavy atom. The molecule has 3 aromatic rings. The molecule has 0 bridgehead atoms. The quantitative estimate of drug-likeness (QED) is 0.583. The summed E-state index contributed by atoms with van der Waals surface area (Å²) in [5, 5.41) is 0.887. The van der Waals surface area contributed by atoms with Gasteiger partial charge in [0.25, 0.3) is 0 Å². The largest absolute Gasteiger partial charge is 0.247 e. The van der Waals surface area contributed by atoms with Crippen LogP contribution in [0.5, 0.6) is 0 Å². The first-order valence-corrected chi connectivity index (χ1v) is 6.49. The molecule has 0 atom stereocenters. The molecule has 92 valence electrons. The van der Waals surface area contributed by atoms with E-state index in [-0.39, 0.29) is 5.82 Å². The van der Waals surface area contributed by atoms with Crippen molar-refractivity contribution >= 4 is 10.9 Å². The van der Waals surface area contributed by atoms with Crippen molar-refractivity contribution in [2.75, 3.05) is 0 Å². The van der Waals surface area contributed by atoms with Crippen LogP contribution in [0.2, 0.25) is 0 Å². The third kappa shape index (κ3) is 1.64. The van der Waals surface area contributed by atoms with Gasteiger partial charge in [0.05, 0.1) is 11.2 Å². The molecule has 0 amide bonds. The summed E-state index contributed by atoms with van der Waals surface area (Å²) in [6.07, 6.45) is 2.01. The molecular weight excluding hydrogens is 237 g/mol. The number of nitrogens with zero attached hydrogens (tertiary/aromatic N) is 1. The van der Waals surface area contributed by atoms with Crippen molar-refractivity contribution in [3.05, 3.63) is 65.5 Å². The maximum atomic E-state index is 13.3. The lowest BCUT2D eigenvalue weighted by molar-refractivity contribution is 0.629. The molecule has 0 unspecified atom stereocenters. The van der Waals surface area contributed by atoms with E-state index in [4.69, 9.17) is 4.98 Å². The minimum Gasteiger partial charge on any atom is -0.247 e. The zero-order valence-corrected chi connectivity index (χ0v) is 10.4. The highest BCUT2D eigenvalue weighted by Crippen LogP contribution is 2.33. The number of benzene rings is 2. The average Bonchev–Trinajstić information content (AvgIpc) is 2.45. The van der Waals surface area contributed by atoms with E-state index in [0.717, 1.165) is 29.4 Å². The molecular formula is C17H12FN. The normalized spacial score (nSPS) is 13.1. The Bertz CT molecular complexity index is 792. The first-order valence-electron chi connectivity index (χ1n) is 6.49. The highest BCUT2D eigenvalue weighted by Gasteiger charge is 2.17. The molecule has 1 aliphatic carbocycles. The molecule has 2 aromatic carbocycles. The van der Waals surface area contributed by atoms with E-state index in [1.165, 1.54) is 22.8 Å². The fourth-order valence-corrected chi connectivity index (χ4v) is 2.85. The molecule has 0 spiro atoms. The number of aromatic nitrogens is 1. The standard InChI is InChI=1S/C17H12FN/c18-14-7-8-16-13(10-14)9-12-6-5-11-3-1-2-4-15(11)17(12)19-16/h1-4,7-10H,5-6H2. The number of rotatable bonds is 0. The highest BCUT2D eigenvalue weighted by atomic mass is 19.1. The van der Waals surface area contributed by atoms with Crippen molar-refractivity contribution in [3.63, 3.8) is 0 Å². The van der Waals surface area contributed by atoms with Crippen LogP contribution < -0.4 is 0 Å². The van der Waals surface area contributed by atoms with Crippen LogP contribution in [-0.4, -0.2) is 4.98 Å². The SMILES string of the molecule is Fc1ccc2nc3c(cc2c1)CCc1ccccc1-3. The van der Waals surface area contributed by atoms with Crippen molar-refractivity contribution in [2.24, 2.45) is 0 Å². The minimum absolute atomic E-state index is 0.203. The Kier molecular flexibility index (Phi) is 2.18. The lowest BCUT2D eigenvalue weighted by Gasteiger charge is -2.19. The number of fused-ring (bicyclic) bond motifs is 4. The van der Waals surface area contributed by atoms with Crippen LogP contribution in [-0.2, 0) is 12.8 Å². The highest BCUT2D eigenvalue weighted by molar-refractivity contribution is 5.84. The first kappa shape index (κ1) is 10.7. The van der Waals surface area contributed by atoms with Gasteiger partial charge in [0.1, 0.15) is 5.82 Å². The van der Waals surface area contributed by atoms with Crippen molar-refractivity contribution in [1.82, 2.24) is 4.98 Å². The van der Waals surface area contributed by atoms with Gasteiger partial charge in [0, 0.05) is 10.9 Å². The molecule has 2 heteroatoms. The molecule has 1 aromatic heterocycles. The number of hydrogen-bond donors (Lipinski definition) is 0. The Morgan fingerprint density at radius 3 is 2.68 bits per heavy atom. The van der Waals surface area contributed by atoms with Gasteiger partial charge in [-0.1, -0.05) is 24.3 Å². The maximum absolute atomic E-state index is 13.3. The molecule has 0 N–H and O–H groups in total. The van der Waals surface area contributed by atoms with Crippen LogP contribution >= 0.6 is 0 Å². The van der Waals surface area contributed by atoms with Gasteiger partial charge in [-0.25, -0.2) is 9.37 Å². The van der Waals surface area contributed by atoms with Gasteiger partial charge in [-0.2, -0.15) is 0 Å². The van der Waals surface area contributed by atoms with Crippen molar-refractivity contribution in [2.45, 2.75) is 12.8 Å². The molecule has 0 aliphatic heterocycles. The Labute approximate surface area is 110 Å². The van der Waals surface area contributed by atoms with E-state index >= 15 is 0 Å². The minimum atomic E-state index is -0.203. The van der Waals surface area contributed by atoms with Gasteiger partial charge in [-0.3, -0.25) is 0 Å².